The lowest BCUT2D eigenvalue weighted by Gasteiger charge is -2.22. The molecule has 0 saturated heterocycles. The van der Waals surface area contributed by atoms with Crippen LogP contribution in [0.3, 0.4) is 0 Å². The Balaban J connectivity index is 2.61. The molecule has 1 amide bonds. The number of rotatable bonds is 7. The largest absolute Gasteiger partial charge is 0.481 e. The fourth-order valence-electron chi connectivity index (χ4n) is 2.51. The van der Waals surface area contributed by atoms with E-state index < -0.39 is 23.2 Å². The van der Waals surface area contributed by atoms with Crippen LogP contribution < -0.4 is 5.32 Å². The number of carboxylic acid groups (broad SMARTS) is 1. The van der Waals surface area contributed by atoms with Crippen LogP contribution in [0.15, 0.2) is 0 Å². The van der Waals surface area contributed by atoms with E-state index in [0.29, 0.717) is 13.2 Å². The highest BCUT2D eigenvalue weighted by Gasteiger charge is 2.66. The van der Waals surface area contributed by atoms with Crippen molar-refractivity contribution in [3.05, 3.63) is 0 Å². The van der Waals surface area contributed by atoms with Crippen LogP contribution in [-0.2, 0) is 14.3 Å². The average Bonchev–Trinajstić information content (AvgIpc) is 2.87. The van der Waals surface area contributed by atoms with E-state index in [1.54, 1.807) is 0 Å². The lowest BCUT2D eigenvalue weighted by atomic mass is 10.0. The molecule has 0 spiro atoms. The van der Waals surface area contributed by atoms with E-state index in [0.717, 1.165) is 0 Å². The van der Waals surface area contributed by atoms with Crippen molar-refractivity contribution in [2.75, 3.05) is 13.2 Å². The molecule has 110 valence electrons. The molecule has 0 aromatic carbocycles. The highest BCUT2D eigenvalue weighted by Crippen LogP contribution is 2.58. The van der Waals surface area contributed by atoms with Crippen molar-refractivity contribution in [1.82, 2.24) is 5.32 Å². The van der Waals surface area contributed by atoms with Crippen LogP contribution in [0.1, 0.15) is 34.6 Å². The van der Waals surface area contributed by atoms with Gasteiger partial charge in [-0.15, -0.1) is 0 Å². The number of hydrogen-bond donors (Lipinski definition) is 2. The number of amides is 1. The van der Waals surface area contributed by atoms with Crippen LogP contribution in [0.4, 0.5) is 0 Å². The predicted molar refractivity (Wildman–Crippen MR) is 71.7 cm³/mol. The Kier molecular flexibility index (Phi) is 4.96. The number of nitrogens with one attached hydrogen (secondary N) is 1. The molecule has 1 saturated carbocycles. The molecule has 2 N–H and O–H groups in total. The highest BCUT2D eigenvalue weighted by atomic mass is 16.5. The fourth-order valence-corrected chi connectivity index (χ4v) is 2.51. The SMILES string of the molecule is CCOCC(NC(=O)C1C(C(=O)O)C1(C)C)C(C)C. The molecule has 0 aliphatic heterocycles. The lowest BCUT2D eigenvalue weighted by Crippen LogP contribution is -2.43. The van der Waals surface area contributed by atoms with Gasteiger partial charge >= 0.3 is 5.97 Å². The number of aliphatic carboxylic acids is 1. The second kappa shape index (κ2) is 5.90. The van der Waals surface area contributed by atoms with Crippen molar-refractivity contribution >= 4 is 11.9 Å². The molecular weight excluding hydrogens is 246 g/mol. The van der Waals surface area contributed by atoms with Crippen molar-refractivity contribution in [3.63, 3.8) is 0 Å². The zero-order valence-electron chi connectivity index (χ0n) is 12.4. The lowest BCUT2D eigenvalue weighted by molar-refractivity contribution is -0.140. The van der Waals surface area contributed by atoms with Gasteiger partial charge in [-0.05, 0) is 18.3 Å². The van der Waals surface area contributed by atoms with Gasteiger partial charge in [-0.2, -0.15) is 0 Å². The quantitative estimate of drug-likeness (QED) is 0.736. The minimum atomic E-state index is -0.893. The molecule has 0 aromatic heterocycles. The molecule has 0 radical (unpaired) electrons. The van der Waals surface area contributed by atoms with Crippen LogP contribution in [0.2, 0.25) is 0 Å². The molecule has 5 heteroatoms. The zero-order chi connectivity index (χ0) is 14.8. The van der Waals surface area contributed by atoms with Crippen LogP contribution in [-0.4, -0.2) is 36.2 Å². The van der Waals surface area contributed by atoms with Crippen LogP contribution in [0, 0.1) is 23.2 Å². The summed E-state index contributed by atoms with van der Waals surface area (Å²) in [6, 6.07) is -0.0710. The van der Waals surface area contributed by atoms with Crippen molar-refractivity contribution < 1.29 is 19.4 Å². The third-order valence-corrected chi connectivity index (χ3v) is 4.01. The van der Waals surface area contributed by atoms with Crippen molar-refractivity contribution in [2.45, 2.75) is 40.7 Å². The van der Waals surface area contributed by atoms with Gasteiger partial charge in [-0.3, -0.25) is 9.59 Å². The van der Waals surface area contributed by atoms with Gasteiger partial charge in [0.1, 0.15) is 0 Å². The van der Waals surface area contributed by atoms with Crippen LogP contribution in [0.25, 0.3) is 0 Å². The Hall–Kier alpha value is -1.10. The topological polar surface area (TPSA) is 75.6 Å². The second-order valence-electron chi connectivity index (χ2n) is 6.13. The molecule has 0 heterocycles. The first-order valence-corrected chi connectivity index (χ1v) is 6.84. The summed E-state index contributed by atoms with van der Waals surface area (Å²) in [5, 5.41) is 12.0. The van der Waals surface area contributed by atoms with E-state index in [1.165, 1.54) is 0 Å². The molecule has 3 atom stereocenters. The fraction of sp³-hybridized carbons (Fsp3) is 0.857. The average molecular weight is 271 g/mol. The summed E-state index contributed by atoms with van der Waals surface area (Å²) in [6.45, 7) is 10.6. The van der Waals surface area contributed by atoms with E-state index in [9.17, 15) is 9.59 Å². The minimum absolute atomic E-state index is 0.0710. The van der Waals surface area contributed by atoms with Crippen molar-refractivity contribution in [2.24, 2.45) is 23.2 Å². The molecule has 0 aromatic rings. The van der Waals surface area contributed by atoms with Crippen molar-refractivity contribution in [3.8, 4) is 0 Å². The first-order chi connectivity index (χ1) is 8.73. The molecule has 1 fully saturated rings. The summed E-state index contributed by atoms with van der Waals surface area (Å²) in [5.74, 6) is -1.83. The van der Waals surface area contributed by atoms with E-state index >= 15 is 0 Å². The Bertz CT molecular complexity index is 351. The molecular formula is C14H25NO4. The van der Waals surface area contributed by atoms with Gasteiger partial charge in [0.25, 0.3) is 0 Å². The van der Waals surface area contributed by atoms with Crippen LogP contribution >= 0.6 is 0 Å². The minimum Gasteiger partial charge on any atom is -0.481 e. The monoisotopic (exact) mass is 271 g/mol. The second-order valence-corrected chi connectivity index (χ2v) is 6.13. The Morgan fingerprint density at radius 3 is 2.26 bits per heavy atom. The third kappa shape index (κ3) is 3.47. The molecule has 1 aliphatic carbocycles. The molecule has 19 heavy (non-hydrogen) atoms. The van der Waals surface area contributed by atoms with Gasteiger partial charge < -0.3 is 15.2 Å². The molecule has 1 aliphatic rings. The molecule has 0 bridgehead atoms. The summed E-state index contributed by atoms with van der Waals surface area (Å²) in [5.41, 5.74) is -0.455. The molecule has 3 unspecified atom stereocenters. The van der Waals surface area contributed by atoms with Crippen molar-refractivity contribution in [1.29, 1.82) is 0 Å². The predicted octanol–water partition coefficient (Wildman–Crippen LogP) is 1.52. The van der Waals surface area contributed by atoms with E-state index in [2.05, 4.69) is 5.32 Å². The maximum absolute atomic E-state index is 12.2. The highest BCUT2D eigenvalue weighted by molar-refractivity contribution is 5.91. The summed E-state index contributed by atoms with van der Waals surface area (Å²) in [7, 11) is 0. The molecule has 5 nitrogen and oxygen atoms in total. The number of carbonyl (C=O) groups is 2. The summed E-state index contributed by atoms with van der Waals surface area (Å²) >= 11 is 0. The summed E-state index contributed by atoms with van der Waals surface area (Å²) in [6.07, 6.45) is 0. The van der Waals surface area contributed by atoms with E-state index in [1.807, 2.05) is 34.6 Å². The smallest absolute Gasteiger partial charge is 0.307 e. The van der Waals surface area contributed by atoms with Gasteiger partial charge in [0.2, 0.25) is 5.91 Å². The number of ether oxygens (including phenoxy) is 1. The Morgan fingerprint density at radius 2 is 1.89 bits per heavy atom. The van der Waals surface area contributed by atoms with E-state index in [-0.39, 0.29) is 17.9 Å². The summed E-state index contributed by atoms with van der Waals surface area (Å²) < 4.78 is 5.35. The first-order valence-electron chi connectivity index (χ1n) is 6.84. The van der Waals surface area contributed by atoms with Gasteiger partial charge in [0, 0.05) is 6.61 Å². The Morgan fingerprint density at radius 1 is 1.32 bits per heavy atom. The maximum atomic E-state index is 12.2. The Labute approximate surface area is 114 Å². The maximum Gasteiger partial charge on any atom is 0.307 e. The zero-order valence-corrected chi connectivity index (χ0v) is 12.4. The molecule has 1 rings (SSSR count). The van der Waals surface area contributed by atoms with E-state index in [4.69, 9.17) is 9.84 Å². The normalized spacial score (nSPS) is 26.0. The number of carboxylic acids is 1. The third-order valence-electron chi connectivity index (χ3n) is 4.01. The number of carbonyl (C=O) groups excluding carboxylic acids is 1. The first kappa shape index (κ1) is 16.0. The van der Waals surface area contributed by atoms with Gasteiger partial charge in [0.15, 0.2) is 0 Å². The summed E-state index contributed by atoms with van der Waals surface area (Å²) in [4.78, 5) is 23.3. The van der Waals surface area contributed by atoms with Gasteiger partial charge in [0.05, 0.1) is 24.5 Å². The standard InChI is InChI=1S/C14H25NO4/c1-6-19-7-9(8(2)3)15-12(16)10-11(13(17)18)14(10,4)5/h8-11H,6-7H2,1-5H3,(H,15,16)(H,17,18). The van der Waals surface area contributed by atoms with Gasteiger partial charge in [-0.1, -0.05) is 27.7 Å². The van der Waals surface area contributed by atoms with Crippen LogP contribution in [0.5, 0.6) is 0 Å². The van der Waals surface area contributed by atoms with Gasteiger partial charge in [-0.25, -0.2) is 0 Å². The number of hydrogen-bond acceptors (Lipinski definition) is 3.